The van der Waals surface area contributed by atoms with Gasteiger partial charge in [0.2, 0.25) is 5.91 Å². The van der Waals surface area contributed by atoms with E-state index >= 15 is 0 Å². The van der Waals surface area contributed by atoms with Gasteiger partial charge in [-0.05, 0) is 58.9 Å². The van der Waals surface area contributed by atoms with Gasteiger partial charge >= 0.3 is 0 Å². The van der Waals surface area contributed by atoms with Gasteiger partial charge in [-0.1, -0.05) is 0 Å². The quantitative estimate of drug-likeness (QED) is 0.621. The van der Waals surface area contributed by atoms with Crippen LogP contribution in [0.4, 0.5) is 0 Å². The lowest BCUT2D eigenvalue weighted by atomic mass is 10.0. The third-order valence-electron chi connectivity index (χ3n) is 2.99. The SMILES string of the molecule is CN(C)CCCCNC(=O)CC1CCNC1. The molecule has 1 fully saturated rings. The Kier molecular flexibility index (Phi) is 6.42. The van der Waals surface area contributed by atoms with Crippen LogP contribution < -0.4 is 10.6 Å². The molecule has 0 bridgehead atoms. The van der Waals surface area contributed by atoms with E-state index in [-0.39, 0.29) is 5.91 Å². The summed E-state index contributed by atoms with van der Waals surface area (Å²) in [6.07, 6.45) is 4.07. The van der Waals surface area contributed by atoms with Crippen LogP contribution in [0.2, 0.25) is 0 Å². The standard InChI is InChI=1S/C12H25N3O/c1-15(2)8-4-3-6-14-12(16)9-11-5-7-13-10-11/h11,13H,3-10H2,1-2H3,(H,14,16). The number of nitrogens with zero attached hydrogens (tertiary/aromatic N) is 1. The number of nitrogens with one attached hydrogen (secondary N) is 2. The molecule has 16 heavy (non-hydrogen) atoms. The molecule has 94 valence electrons. The predicted octanol–water partition coefficient (Wildman–Crippen LogP) is 0.444. The van der Waals surface area contributed by atoms with Crippen molar-refractivity contribution in [3.8, 4) is 0 Å². The minimum absolute atomic E-state index is 0.221. The van der Waals surface area contributed by atoms with Crippen LogP contribution in [0.5, 0.6) is 0 Å². The molecule has 1 unspecified atom stereocenters. The maximum Gasteiger partial charge on any atom is 0.220 e. The van der Waals surface area contributed by atoms with E-state index in [4.69, 9.17) is 0 Å². The Labute approximate surface area is 98.8 Å². The fourth-order valence-corrected chi connectivity index (χ4v) is 2.00. The number of carbonyl (C=O) groups is 1. The molecular weight excluding hydrogens is 202 g/mol. The molecule has 0 saturated carbocycles. The summed E-state index contributed by atoms with van der Waals surface area (Å²) in [5.74, 6) is 0.778. The van der Waals surface area contributed by atoms with Crippen LogP contribution in [0.3, 0.4) is 0 Å². The normalized spacial score (nSPS) is 20.3. The van der Waals surface area contributed by atoms with E-state index in [9.17, 15) is 4.79 Å². The van der Waals surface area contributed by atoms with E-state index in [1.807, 2.05) is 0 Å². The Morgan fingerprint density at radius 2 is 2.25 bits per heavy atom. The molecule has 4 nitrogen and oxygen atoms in total. The van der Waals surface area contributed by atoms with Gasteiger partial charge in [-0.15, -0.1) is 0 Å². The van der Waals surface area contributed by atoms with Crippen LogP contribution in [-0.4, -0.2) is 51.1 Å². The highest BCUT2D eigenvalue weighted by Crippen LogP contribution is 2.11. The lowest BCUT2D eigenvalue weighted by molar-refractivity contribution is -0.121. The third kappa shape index (κ3) is 6.08. The van der Waals surface area contributed by atoms with E-state index < -0.39 is 0 Å². The van der Waals surface area contributed by atoms with E-state index in [1.165, 1.54) is 0 Å². The lowest BCUT2D eigenvalue weighted by Gasteiger charge is -2.10. The summed E-state index contributed by atoms with van der Waals surface area (Å²) in [5, 5.41) is 6.28. The van der Waals surface area contributed by atoms with Crippen LogP contribution in [0.15, 0.2) is 0 Å². The molecule has 0 radical (unpaired) electrons. The highest BCUT2D eigenvalue weighted by Gasteiger charge is 2.17. The molecule has 0 spiro atoms. The van der Waals surface area contributed by atoms with E-state index in [0.717, 1.165) is 45.4 Å². The monoisotopic (exact) mass is 227 g/mol. The summed E-state index contributed by atoms with van der Waals surface area (Å²) >= 11 is 0. The van der Waals surface area contributed by atoms with Gasteiger partial charge in [0.1, 0.15) is 0 Å². The Bertz CT molecular complexity index is 200. The van der Waals surface area contributed by atoms with Gasteiger partial charge in [-0.3, -0.25) is 4.79 Å². The molecule has 1 saturated heterocycles. The number of hydrogen-bond donors (Lipinski definition) is 2. The average Bonchev–Trinajstić information content (AvgIpc) is 2.69. The first-order valence-electron chi connectivity index (χ1n) is 6.30. The van der Waals surface area contributed by atoms with Gasteiger partial charge in [-0.25, -0.2) is 0 Å². The molecule has 1 rings (SSSR count). The highest BCUT2D eigenvalue weighted by atomic mass is 16.1. The van der Waals surface area contributed by atoms with Crippen molar-refractivity contribution in [2.75, 3.05) is 40.3 Å². The molecule has 1 amide bonds. The van der Waals surface area contributed by atoms with E-state index in [2.05, 4.69) is 29.6 Å². The van der Waals surface area contributed by atoms with Crippen molar-refractivity contribution in [1.29, 1.82) is 0 Å². The maximum atomic E-state index is 11.5. The second kappa shape index (κ2) is 7.63. The average molecular weight is 227 g/mol. The summed E-state index contributed by atoms with van der Waals surface area (Å²) in [7, 11) is 4.15. The van der Waals surface area contributed by atoms with Crippen molar-refractivity contribution >= 4 is 5.91 Å². The highest BCUT2D eigenvalue weighted by molar-refractivity contribution is 5.76. The first-order chi connectivity index (χ1) is 7.68. The zero-order valence-corrected chi connectivity index (χ0v) is 10.6. The Balaban J connectivity index is 1.93. The van der Waals surface area contributed by atoms with Crippen molar-refractivity contribution in [3.63, 3.8) is 0 Å². The third-order valence-corrected chi connectivity index (χ3v) is 2.99. The van der Waals surface area contributed by atoms with Gasteiger partial charge in [-0.2, -0.15) is 0 Å². The number of carbonyl (C=O) groups excluding carboxylic acids is 1. The fraction of sp³-hybridized carbons (Fsp3) is 0.917. The van der Waals surface area contributed by atoms with Crippen LogP contribution in [0.1, 0.15) is 25.7 Å². The summed E-state index contributed by atoms with van der Waals surface area (Å²) in [6.45, 7) is 4.00. The largest absolute Gasteiger partial charge is 0.356 e. The Morgan fingerprint density at radius 1 is 1.44 bits per heavy atom. The molecule has 1 aliphatic heterocycles. The minimum Gasteiger partial charge on any atom is -0.356 e. The minimum atomic E-state index is 0.221. The molecule has 1 heterocycles. The molecule has 0 aromatic rings. The van der Waals surface area contributed by atoms with Crippen molar-refractivity contribution in [1.82, 2.24) is 15.5 Å². The van der Waals surface area contributed by atoms with Crippen LogP contribution in [0.25, 0.3) is 0 Å². The first kappa shape index (κ1) is 13.5. The second-order valence-corrected chi connectivity index (χ2v) is 4.92. The summed E-state index contributed by atoms with van der Waals surface area (Å²) in [5.41, 5.74) is 0. The molecule has 0 aliphatic carbocycles. The zero-order valence-electron chi connectivity index (χ0n) is 10.6. The van der Waals surface area contributed by atoms with Crippen LogP contribution in [0, 0.1) is 5.92 Å². The number of hydrogen-bond acceptors (Lipinski definition) is 3. The number of amides is 1. The summed E-state index contributed by atoms with van der Waals surface area (Å²) in [4.78, 5) is 13.7. The molecular formula is C12H25N3O. The molecule has 0 aromatic carbocycles. The fourth-order valence-electron chi connectivity index (χ4n) is 2.00. The van der Waals surface area contributed by atoms with Crippen molar-refractivity contribution in [3.05, 3.63) is 0 Å². The van der Waals surface area contributed by atoms with Gasteiger partial charge in [0.25, 0.3) is 0 Å². The molecule has 1 atom stereocenters. The number of unbranched alkanes of at least 4 members (excludes halogenated alkanes) is 1. The van der Waals surface area contributed by atoms with Crippen molar-refractivity contribution < 1.29 is 4.79 Å². The topological polar surface area (TPSA) is 44.4 Å². The number of rotatable bonds is 7. The predicted molar refractivity (Wildman–Crippen MR) is 66.4 cm³/mol. The van der Waals surface area contributed by atoms with E-state index in [1.54, 1.807) is 0 Å². The van der Waals surface area contributed by atoms with E-state index in [0.29, 0.717) is 12.3 Å². The molecule has 4 heteroatoms. The summed E-state index contributed by atoms with van der Waals surface area (Å²) in [6, 6.07) is 0. The zero-order chi connectivity index (χ0) is 11.8. The lowest BCUT2D eigenvalue weighted by Crippen LogP contribution is -2.27. The molecule has 2 N–H and O–H groups in total. The maximum absolute atomic E-state index is 11.5. The van der Waals surface area contributed by atoms with Gasteiger partial charge in [0.15, 0.2) is 0 Å². The van der Waals surface area contributed by atoms with Crippen molar-refractivity contribution in [2.24, 2.45) is 5.92 Å². The van der Waals surface area contributed by atoms with Crippen LogP contribution >= 0.6 is 0 Å². The Morgan fingerprint density at radius 3 is 2.88 bits per heavy atom. The molecule has 0 aromatic heterocycles. The molecule has 1 aliphatic rings. The van der Waals surface area contributed by atoms with Gasteiger partial charge in [0.05, 0.1) is 0 Å². The van der Waals surface area contributed by atoms with Crippen molar-refractivity contribution in [2.45, 2.75) is 25.7 Å². The van der Waals surface area contributed by atoms with Gasteiger partial charge in [0, 0.05) is 13.0 Å². The first-order valence-corrected chi connectivity index (χ1v) is 6.30. The van der Waals surface area contributed by atoms with Gasteiger partial charge < -0.3 is 15.5 Å². The summed E-state index contributed by atoms with van der Waals surface area (Å²) < 4.78 is 0. The van der Waals surface area contributed by atoms with Crippen LogP contribution in [-0.2, 0) is 4.79 Å². The smallest absolute Gasteiger partial charge is 0.220 e. The second-order valence-electron chi connectivity index (χ2n) is 4.92. The Hall–Kier alpha value is -0.610.